The first-order valence-corrected chi connectivity index (χ1v) is 5.84. The molecule has 0 aliphatic heterocycles. The molecule has 0 aliphatic rings. The van der Waals surface area contributed by atoms with Gasteiger partial charge in [0.2, 0.25) is 0 Å². The molecule has 0 aliphatic carbocycles. The van der Waals surface area contributed by atoms with Crippen LogP contribution in [-0.2, 0) is 0 Å². The van der Waals surface area contributed by atoms with Crippen LogP contribution >= 0.6 is 11.6 Å². The van der Waals surface area contributed by atoms with Crippen LogP contribution in [0.1, 0.15) is 25.7 Å². The third-order valence-corrected chi connectivity index (χ3v) is 2.78. The van der Waals surface area contributed by atoms with Crippen LogP contribution in [0.4, 0.5) is 5.69 Å². The van der Waals surface area contributed by atoms with Crippen molar-refractivity contribution in [3.05, 3.63) is 29.0 Å². The van der Waals surface area contributed by atoms with Gasteiger partial charge in [-0.05, 0) is 39.0 Å². The number of halogens is 1. The average Bonchev–Trinajstić information content (AvgIpc) is 2.58. The molecule has 0 spiro atoms. The lowest BCUT2D eigenvalue weighted by atomic mass is 10.2. The number of aromatic nitrogens is 3. The molecule has 90 valence electrons. The van der Waals surface area contributed by atoms with E-state index in [4.69, 9.17) is 17.3 Å². The molecule has 0 saturated heterocycles. The van der Waals surface area contributed by atoms with E-state index in [2.05, 4.69) is 28.6 Å². The van der Waals surface area contributed by atoms with Crippen molar-refractivity contribution in [3.63, 3.8) is 0 Å². The van der Waals surface area contributed by atoms with E-state index in [9.17, 15) is 0 Å². The van der Waals surface area contributed by atoms with E-state index in [0.29, 0.717) is 16.8 Å². The van der Waals surface area contributed by atoms with Gasteiger partial charge in [-0.15, -0.1) is 10.2 Å². The molecule has 0 atom stereocenters. The Morgan fingerprint density at radius 3 is 2.53 bits per heavy atom. The highest BCUT2D eigenvalue weighted by Crippen LogP contribution is 2.27. The minimum absolute atomic E-state index is 0.292. The summed E-state index contributed by atoms with van der Waals surface area (Å²) < 4.78 is 2.06. The van der Waals surface area contributed by atoms with Crippen LogP contribution in [0.2, 0.25) is 5.02 Å². The van der Waals surface area contributed by atoms with Gasteiger partial charge in [0.05, 0.1) is 0 Å². The summed E-state index contributed by atoms with van der Waals surface area (Å²) in [5.41, 5.74) is 7.31. The summed E-state index contributed by atoms with van der Waals surface area (Å²) in [7, 11) is 0. The zero-order valence-electron chi connectivity index (χ0n) is 10.1. The maximum Gasteiger partial charge on any atom is 0.164 e. The second-order valence-electron chi connectivity index (χ2n) is 4.31. The molecule has 0 radical (unpaired) electrons. The zero-order chi connectivity index (χ0) is 12.6. The summed E-state index contributed by atoms with van der Waals surface area (Å²) in [5.74, 6) is 1.68. The molecule has 1 aromatic heterocycles. The van der Waals surface area contributed by atoms with Crippen molar-refractivity contribution in [2.45, 2.75) is 26.8 Å². The quantitative estimate of drug-likeness (QED) is 0.834. The lowest BCUT2D eigenvalue weighted by Crippen LogP contribution is -2.05. The summed E-state index contributed by atoms with van der Waals surface area (Å²) in [5, 5.41) is 8.90. The number of benzene rings is 1. The third kappa shape index (κ3) is 2.26. The van der Waals surface area contributed by atoms with Crippen LogP contribution in [-0.4, -0.2) is 14.8 Å². The van der Waals surface area contributed by atoms with Gasteiger partial charge in [-0.25, -0.2) is 0 Å². The Labute approximate surface area is 105 Å². The molecule has 0 saturated carbocycles. The number of nitrogens with two attached hydrogens (primary N) is 1. The van der Waals surface area contributed by atoms with Crippen molar-refractivity contribution < 1.29 is 0 Å². The molecular weight excluding hydrogens is 236 g/mol. The van der Waals surface area contributed by atoms with Crippen molar-refractivity contribution in [1.82, 2.24) is 14.8 Å². The maximum absolute atomic E-state index is 6.00. The van der Waals surface area contributed by atoms with Crippen LogP contribution in [0.3, 0.4) is 0 Å². The van der Waals surface area contributed by atoms with E-state index in [1.807, 2.05) is 19.1 Å². The second-order valence-corrected chi connectivity index (χ2v) is 4.74. The molecule has 5 heteroatoms. The number of rotatable bonds is 2. The van der Waals surface area contributed by atoms with E-state index in [0.717, 1.165) is 17.2 Å². The Morgan fingerprint density at radius 1 is 1.24 bits per heavy atom. The molecule has 0 unspecified atom stereocenters. The molecule has 0 fully saturated rings. The molecule has 17 heavy (non-hydrogen) atoms. The largest absolute Gasteiger partial charge is 0.399 e. The summed E-state index contributed by atoms with van der Waals surface area (Å²) in [4.78, 5) is 0. The second kappa shape index (κ2) is 4.37. The van der Waals surface area contributed by atoms with Gasteiger partial charge in [0.1, 0.15) is 5.82 Å². The van der Waals surface area contributed by atoms with Crippen LogP contribution < -0.4 is 5.73 Å². The first kappa shape index (κ1) is 11.9. The molecule has 2 rings (SSSR count). The normalized spacial score (nSPS) is 11.1. The predicted molar refractivity (Wildman–Crippen MR) is 70.0 cm³/mol. The Kier molecular flexibility index (Phi) is 3.07. The molecule has 2 aromatic rings. The molecule has 1 aromatic carbocycles. The fourth-order valence-electron chi connectivity index (χ4n) is 1.93. The SMILES string of the molecule is Cc1nnc(-c2cc(N)cc(Cl)c2)n1C(C)C. The van der Waals surface area contributed by atoms with Gasteiger partial charge in [-0.2, -0.15) is 0 Å². The number of anilines is 1. The summed E-state index contributed by atoms with van der Waals surface area (Å²) in [6, 6.07) is 5.71. The Bertz CT molecular complexity index is 525. The van der Waals surface area contributed by atoms with Crippen molar-refractivity contribution in [2.24, 2.45) is 0 Å². The van der Waals surface area contributed by atoms with E-state index >= 15 is 0 Å². The van der Waals surface area contributed by atoms with Gasteiger partial charge in [0.15, 0.2) is 5.82 Å². The van der Waals surface area contributed by atoms with Crippen molar-refractivity contribution in [1.29, 1.82) is 0 Å². The fourth-order valence-corrected chi connectivity index (χ4v) is 2.17. The smallest absolute Gasteiger partial charge is 0.164 e. The summed E-state index contributed by atoms with van der Waals surface area (Å²) in [6.07, 6.45) is 0. The van der Waals surface area contributed by atoms with E-state index in [1.54, 1.807) is 6.07 Å². The van der Waals surface area contributed by atoms with E-state index in [1.165, 1.54) is 0 Å². The fraction of sp³-hybridized carbons (Fsp3) is 0.333. The number of aryl methyl sites for hydroxylation is 1. The zero-order valence-corrected chi connectivity index (χ0v) is 10.9. The molecule has 0 bridgehead atoms. The summed E-state index contributed by atoms with van der Waals surface area (Å²) in [6.45, 7) is 6.12. The predicted octanol–water partition coefficient (Wildman–Crippen LogP) is 3.07. The van der Waals surface area contributed by atoms with Gasteiger partial charge in [0.25, 0.3) is 0 Å². The van der Waals surface area contributed by atoms with Gasteiger partial charge >= 0.3 is 0 Å². The van der Waals surface area contributed by atoms with Gasteiger partial charge in [0, 0.05) is 22.3 Å². The number of nitrogen functional groups attached to an aromatic ring is 1. The number of hydrogen-bond acceptors (Lipinski definition) is 3. The molecular formula is C12H15ClN4. The van der Waals surface area contributed by atoms with Gasteiger partial charge < -0.3 is 10.3 Å². The monoisotopic (exact) mass is 250 g/mol. The average molecular weight is 251 g/mol. The first-order valence-electron chi connectivity index (χ1n) is 5.47. The van der Waals surface area contributed by atoms with Crippen molar-refractivity contribution in [2.75, 3.05) is 5.73 Å². The van der Waals surface area contributed by atoms with E-state index < -0.39 is 0 Å². The first-order chi connectivity index (χ1) is 7.99. The maximum atomic E-state index is 6.00. The highest BCUT2D eigenvalue weighted by Gasteiger charge is 2.14. The number of nitrogens with zero attached hydrogens (tertiary/aromatic N) is 3. The van der Waals surface area contributed by atoms with Crippen LogP contribution in [0.5, 0.6) is 0 Å². The molecule has 0 amide bonds. The Morgan fingerprint density at radius 2 is 1.94 bits per heavy atom. The van der Waals surface area contributed by atoms with Gasteiger partial charge in [-0.1, -0.05) is 11.6 Å². The van der Waals surface area contributed by atoms with Gasteiger partial charge in [-0.3, -0.25) is 0 Å². The lowest BCUT2D eigenvalue weighted by Gasteiger charge is -2.12. The minimum Gasteiger partial charge on any atom is -0.399 e. The Hall–Kier alpha value is -1.55. The third-order valence-electron chi connectivity index (χ3n) is 2.56. The van der Waals surface area contributed by atoms with Crippen molar-refractivity contribution in [3.8, 4) is 11.4 Å². The highest BCUT2D eigenvalue weighted by atomic mass is 35.5. The van der Waals surface area contributed by atoms with Crippen LogP contribution in [0.25, 0.3) is 11.4 Å². The standard InChI is InChI=1S/C12H15ClN4/c1-7(2)17-8(3)15-16-12(17)9-4-10(13)6-11(14)5-9/h4-7H,14H2,1-3H3. The lowest BCUT2D eigenvalue weighted by molar-refractivity contribution is 0.587. The Balaban J connectivity index is 2.60. The topological polar surface area (TPSA) is 56.7 Å². The van der Waals surface area contributed by atoms with Crippen LogP contribution in [0, 0.1) is 6.92 Å². The molecule has 4 nitrogen and oxygen atoms in total. The summed E-state index contributed by atoms with van der Waals surface area (Å²) >= 11 is 6.00. The highest BCUT2D eigenvalue weighted by molar-refractivity contribution is 6.31. The number of hydrogen-bond donors (Lipinski definition) is 1. The minimum atomic E-state index is 0.292. The van der Waals surface area contributed by atoms with Crippen LogP contribution in [0.15, 0.2) is 18.2 Å². The van der Waals surface area contributed by atoms with E-state index in [-0.39, 0.29) is 0 Å². The molecule has 2 N–H and O–H groups in total. The molecule has 1 heterocycles. The van der Waals surface area contributed by atoms with Crippen molar-refractivity contribution >= 4 is 17.3 Å².